The highest BCUT2D eigenvalue weighted by atomic mass is 19.4. The fourth-order valence-electron chi connectivity index (χ4n) is 3.71. The molecule has 0 saturated carbocycles. The number of halogens is 3. The SMILES string of the molecule is CNC(CC(=O)OC)c1ccc(OCc2cccc(-c3ccc(C(F)(F)F)cc3)c2)cc1C(C)=O. The van der Waals surface area contributed by atoms with Crippen molar-refractivity contribution in [3.05, 3.63) is 89.0 Å². The maximum Gasteiger partial charge on any atom is 0.416 e. The molecule has 3 rings (SSSR count). The van der Waals surface area contributed by atoms with Crippen molar-refractivity contribution in [2.75, 3.05) is 14.2 Å². The third-order valence-corrected chi connectivity index (χ3v) is 5.60. The number of ketones is 1. The molecule has 35 heavy (non-hydrogen) atoms. The molecule has 184 valence electrons. The van der Waals surface area contributed by atoms with Gasteiger partial charge in [0.05, 0.1) is 19.1 Å². The average molecular weight is 486 g/mol. The average Bonchev–Trinajstić information content (AvgIpc) is 2.85. The fraction of sp³-hybridized carbons (Fsp3) is 0.259. The van der Waals surface area contributed by atoms with E-state index in [0.717, 1.165) is 23.3 Å². The van der Waals surface area contributed by atoms with Gasteiger partial charge in [-0.2, -0.15) is 13.2 Å². The molecule has 0 aliphatic rings. The Hall–Kier alpha value is -3.65. The lowest BCUT2D eigenvalue weighted by Gasteiger charge is -2.19. The Labute approximate surface area is 201 Å². The molecular formula is C27H26F3NO4. The summed E-state index contributed by atoms with van der Waals surface area (Å²) in [5.41, 5.74) is 2.64. The lowest BCUT2D eigenvalue weighted by atomic mass is 9.95. The molecule has 0 amide bonds. The van der Waals surface area contributed by atoms with Crippen molar-refractivity contribution in [3.8, 4) is 16.9 Å². The quantitative estimate of drug-likeness (QED) is 0.299. The minimum atomic E-state index is -4.38. The van der Waals surface area contributed by atoms with Crippen LogP contribution in [-0.4, -0.2) is 25.9 Å². The van der Waals surface area contributed by atoms with Gasteiger partial charge in [-0.15, -0.1) is 0 Å². The van der Waals surface area contributed by atoms with Gasteiger partial charge in [0.25, 0.3) is 0 Å². The van der Waals surface area contributed by atoms with Gasteiger partial charge >= 0.3 is 12.1 Å². The Morgan fingerprint density at radius 2 is 1.69 bits per heavy atom. The summed E-state index contributed by atoms with van der Waals surface area (Å²) < 4.78 is 49.1. The molecule has 0 spiro atoms. The molecule has 0 radical (unpaired) electrons. The molecule has 3 aromatic carbocycles. The molecule has 3 aromatic rings. The van der Waals surface area contributed by atoms with Crippen LogP contribution in [0.5, 0.6) is 5.75 Å². The Kier molecular flexibility index (Phi) is 8.30. The Morgan fingerprint density at radius 3 is 2.29 bits per heavy atom. The number of methoxy groups -OCH3 is 1. The molecule has 0 saturated heterocycles. The first kappa shape index (κ1) is 26.0. The Bertz CT molecular complexity index is 1190. The third-order valence-electron chi connectivity index (χ3n) is 5.60. The number of hydrogen-bond donors (Lipinski definition) is 1. The van der Waals surface area contributed by atoms with Crippen molar-refractivity contribution in [1.29, 1.82) is 0 Å². The van der Waals surface area contributed by atoms with E-state index in [2.05, 4.69) is 5.32 Å². The molecule has 0 heterocycles. The molecule has 0 aliphatic heterocycles. The van der Waals surface area contributed by atoms with Gasteiger partial charge in [0, 0.05) is 11.6 Å². The zero-order valence-electron chi connectivity index (χ0n) is 19.6. The van der Waals surface area contributed by atoms with Crippen LogP contribution in [0, 0.1) is 0 Å². The molecule has 0 aromatic heterocycles. The number of Topliss-reactive ketones (excluding diaryl/α,β-unsaturated/α-hetero) is 1. The van der Waals surface area contributed by atoms with Gasteiger partial charge in [-0.1, -0.05) is 36.4 Å². The van der Waals surface area contributed by atoms with E-state index < -0.39 is 23.8 Å². The van der Waals surface area contributed by atoms with E-state index in [1.54, 1.807) is 31.3 Å². The van der Waals surface area contributed by atoms with Gasteiger partial charge < -0.3 is 14.8 Å². The number of benzene rings is 3. The predicted molar refractivity (Wildman–Crippen MR) is 126 cm³/mol. The van der Waals surface area contributed by atoms with Crippen LogP contribution in [0.4, 0.5) is 13.2 Å². The number of rotatable bonds is 9. The number of carbonyl (C=O) groups excluding carboxylic acids is 2. The summed E-state index contributed by atoms with van der Waals surface area (Å²) in [7, 11) is 3.01. The molecule has 1 unspecified atom stereocenters. The first-order valence-corrected chi connectivity index (χ1v) is 10.9. The molecule has 1 N–H and O–H groups in total. The molecular weight excluding hydrogens is 459 g/mol. The van der Waals surface area contributed by atoms with Crippen molar-refractivity contribution < 1.29 is 32.2 Å². The summed E-state index contributed by atoms with van der Waals surface area (Å²) in [6.45, 7) is 1.64. The molecule has 0 aliphatic carbocycles. The van der Waals surface area contributed by atoms with Crippen LogP contribution in [0.25, 0.3) is 11.1 Å². The monoisotopic (exact) mass is 485 g/mol. The normalized spacial score (nSPS) is 12.2. The molecule has 0 fully saturated rings. The van der Waals surface area contributed by atoms with Gasteiger partial charge in [0.15, 0.2) is 5.78 Å². The standard InChI is InChI=1S/C27H26F3NO4/c1-17(32)24-14-22(11-12-23(24)25(31-2)15-26(33)34-3)35-16-18-5-4-6-20(13-18)19-7-9-21(10-8-19)27(28,29)30/h4-14,25,31H,15-16H2,1-3H3. The first-order chi connectivity index (χ1) is 16.6. The van der Waals surface area contributed by atoms with Gasteiger partial charge in [-0.3, -0.25) is 9.59 Å². The summed E-state index contributed by atoms with van der Waals surface area (Å²) in [5.74, 6) is -0.0845. The maximum atomic E-state index is 12.8. The summed E-state index contributed by atoms with van der Waals surface area (Å²) in [6.07, 6.45) is -4.31. The molecule has 1 atom stereocenters. The van der Waals surface area contributed by atoms with Crippen molar-refractivity contribution >= 4 is 11.8 Å². The van der Waals surface area contributed by atoms with Crippen molar-refractivity contribution in [3.63, 3.8) is 0 Å². The van der Waals surface area contributed by atoms with Crippen LogP contribution < -0.4 is 10.1 Å². The van der Waals surface area contributed by atoms with Gasteiger partial charge in [-0.25, -0.2) is 0 Å². The number of nitrogens with one attached hydrogen (secondary N) is 1. The van der Waals surface area contributed by atoms with E-state index in [0.29, 0.717) is 22.4 Å². The van der Waals surface area contributed by atoms with E-state index in [4.69, 9.17) is 9.47 Å². The summed E-state index contributed by atoms with van der Waals surface area (Å²) in [4.78, 5) is 24.0. The second-order valence-corrected chi connectivity index (χ2v) is 7.99. The molecule has 0 bridgehead atoms. The smallest absolute Gasteiger partial charge is 0.416 e. The summed E-state index contributed by atoms with van der Waals surface area (Å²) in [5, 5.41) is 3.03. The third kappa shape index (κ3) is 6.70. The highest BCUT2D eigenvalue weighted by Crippen LogP contribution is 2.31. The summed E-state index contributed by atoms with van der Waals surface area (Å²) in [6, 6.07) is 17.0. The number of alkyl halides is 3. The van der Waals surface area contributed by atoms with Crippen LogP contribution in [0.1, 0.15) is 46.4 Å². The van der Waals surface area contributed by atoms with Crippen LogP contribution in [0.2, 0.25) is 0 Å². The van der Waals surface area contributed by atoms with Gasteiger partial charge in [-0.05, 0) is 66.6 Å². The van der Waals surface area contributed by atoms with E-state index in [1.807, 2.05) is 18.2 Å². The van der Waals surface area contributed by atoms with Crippen LogP contribution in [-0.2, 0) is 22.3 Å². The highest BCUT2D eigenvalue weighted by molar-refractivity contribution is 5.96. The number of esters is 1. The Balaban J connectivity index is 1.76. The number of hydrogen-bond acceptors (Lipinski definition) is 5. The highest BCUT2D eigenvalue weighted by Gasteiger charge is 2.30. The predicted octanol–water partition coefficient (Wildman–Crippen LogP) is 5.98. The minimum Gasteiger partial charge on any atom is -0.489 e. The molecule has 8 heteroatoms. The van der Waals surface area contributed by atoms with E-state index in [-0.39, 0.29) is 18.8 Å². The fourth-order valence-corrected chi connectivity index (χ4v) is 3.71. The van der Waals surface area contributed by atoms with E-state index in [1.165, 1.54) is 26.2 Å². The molecule has 5 nitrogen and oxygen atoms in total. The lowest BCUT2D eigenvalue weighted by molar-refractivity contribution is -0.141. The van der Waals surface area contributed by atoms with E-state index >= 15 is 0 Å². The van der Waals surface area contributed by atoms with Gasteiger partial charge in [0.1, 0.15) is 12.4 Å². The topological polar surface area (TPSA) is 64.6 Å². The minimum absolute atomic E-state index is 0.0736. The summed E-state index contributed by atoms with van der Waals surface area (Å²) >= 11 is 0. The van der Waals surface area contributed by atoms with Crippen molar-refractivity contribution in [2.45, 2.75) is 32.2 Å². The zero-order chi connectivity index (χ0) is 25.6. The van der Waals surface area contributed by atoms with Crippen LogP contribution >= 0.6 is 0 Å². The number of carbonyl (C=O) groups is 2. The van der Waals surface area contributed by atoms with E-state index in [9.17, 15) is 22.8 Å². The first-order valence-electron chi connectivity index (χ1n) is 10.9. The number of ether oxygens (including phenoxy) is 2. The zero-order valence-corrected chi connectivity index (χ0v) is 19.6. The second-order valence-electron chi connectivity index (χ2n) is 7.99. The largest absolute Gasteiger partial charge is 0.489 e. The second kappa shape index (κ2) is 11.2. The van der Waals surface area contributed by atoms with Crippen LogP contribution in [0.15, 0.2) is 66.7 Å². The van der Waals surface area contributed by atoms with Crippen LogP contribution in [0.3, 0.4) is 0 Å². The van der Waals surface area contributed by atoms with Crippen molar-refractivity contribution in [1.82, 2.24) is 5.32 Å². The lowest BCUT2D eigenvalue weighted by Crippen LogP contribution is -2.22. The Morgan fingerprint density at radius 1 is 0.971 bits per heavy atom. The maximum absolute atomic E-state index is 12.8. The van der Waals surface area contributed by atoms with Crippen molar-refractivity contribution in [2.24, 2.45) is 0 Å². The van der Waals surface area contributed by atoms with Gasteiger partial charge in [0.2, 0.25) is 0 Å².